The van der Waals surface area contributed by atoms with Crippen LogP contribution in [0.3, 0.4) is 0 Å². The molecule has 2 rings (SSSR count). The molecule has 0 heterocycles. The maximum absolute atomic E-state index is 13.9. The van der Waals surface area contributed by atoms with Crippen LogP contribution in [0.4, 0.5) is 10.1 Å². The Balaban J connectivity index is 0.000000677. The lowest BCUT2D eigenvalue weighted by Crippen LogP contribution is -2.01. The van der Waals surface area contributed by atoms with Crippen LogP contribution in [0.1, 0.15) is 58.9 Å². The number of ether oxygens (including phenoxy) is 1. The zero-order valence-corrected chi connectivity index (χ0v) is 14.0. The number of aliphatic imine (C=N–C) groups is 1. The van der Waals surface area contributed by atoms with E-state index < -0.39 is 0 Å². The van der Waals surface area contributed by atoms with E-state index in [1.54, 1.807) is 6.07 Å². The Morgan fingerprint density at radius 3 is 2.43 bits per heavy atom. The van der Waals surface area contributed by atoms with Gasteiger partial charge in [0, 0.05) is 11.8 Å². The lowest BCUT2D eigenvalue weighted by molar-refractivity contribution is 0.285. The molecule has 0 bridgehead atoms. The van der Waals surface area contributed by atoms with Crippen molar-refractivity contribution in [2.75, 3.05) is 6.61 Å². The van der Waals surface area contributed by atoms with Crippen molar-refractivity contribution in [3.63, 3.8) is 0 Å². The fourth-order valence-corrected chi connectivity index (χ4v) is 1.65. The minimum atomic E-state index is -0.316. The molecule has 3 heteroatoms. The first-order valence-electron chi connectivity index (χ1n) is 7.98. The van der Waals surface area contributed by atoms with E-state index in [1.807, 2.05) is 20.8 Å². The molecule has 0 N–H and O–H groups in total. The number of rotatable bonds is 5. The first-order chi connectivity index (χ1) is 10.0. The van der Waals surface area contributed by atoms with Crippen molar-refractivity contribution >= 4 is 11.4 Å². The largest absolute Gasteiger partial charge is 0.490 e. The summed E-state index contributed by atoms with van der Waals surface area (Å²) in [5.41, 5.74) is 2.66. The summed E-state index contributed by atoms with van der Waals surface area (Å²) in [5.74, 6) is 0.668. The zero-order chi connectivity index (χ0) is 15.8. The standard InChI is InChI=1S/C15H20FNO.C3H8/c1-4-11(3)17-14-8-13(16)15(7-10(14)2)18-9-12-5-6-12;1-3-2/h7-8,12H,4-6,9H2,1-3H3;3H2,1-2H3. The highest BCUT2D eigenvalue weighted by Gasteiger charge is 2.22. The van der Waals surface area contributed by atoms with Gasteiger partial charge in [-0.2, -0.15) is 0 Å². The molecule has 2 nitrogen and oxygen atoms in total. The minimum absolute atomic E-state index is 0.316. The van der Waals surface area contributed by atoms with Gasteiger partial charge in [0.05, 0.1) is 12.3 Å². The first kappa shape index (κ1) is 17.7. The second-order valence-electron chi connectivity index (χ2n) is 5.73. The van der Waals surface area contributed by atoms with Gasteiger partial charge in [0.1, 0.15) is 0 Å². The van der Waals surface area contributed by atoms with Crippen LogP contribution in [0.2, 0.25) is 0 Å². The second-order valence-corrected chi connectivity index (χ2v) is 5.73. The molecule has 1 aliphatic carbocycles. The van der Waals surface area contributed by atoms with Crippen LogP contribution in [0.5, 0.6) is 5.75 Å². The van der Waals surface area contributed by atoms with Crippen LogP contribution in [0.25, 0.3) is 0 Å². The maximum atomic E-state index is 13.9. The third-order valence-electron chi connectivity index (χ3n) is 3.24. The molecule has 0 amide bonds. The number of nitrogens with zero attached hydrogens (tertiary/aromatic N) is 1. The summed E-state index contributed by atoms with van der Waals surface area (Å²) in [6.07, 6.45) is 4.54. The molecule has 0 aromatic heterocycles. The van der Waals surface area contributed by atoms with Gasteiger partial charge in [-0.15, -0.1) is 0 Å². The molecular weight excluding hydrogens is 265 g/mol. The summed E-state index contributed by atoms with van der Waals surface area (Å²) in [6.45, 7) is 10.8. The topological polar surface area (TPSA) is 21.6 Å². The molecule has 118 valence electrons. The Bertz CT molecular complexity index is 478. The molecular formula is C18H28FNO. The predicted molar refractivity (Wildman–Crippen MR) is 88.4 cm³/mol. The number of benzene rings is 1. The third-order valence-corrected chi connectivity index (χ3v) is 3.24. The van der Waals surface area contributed by atoms with E-state index in [-0.39, 0.29) is 5.82 Å². The van der Waals surface area contributed by atoms with Gasteiger partial charge in [0.2, 0.25) is 0 Å². The Hall–Kier alpha value is -1.38. The molecule has 1 fully saturated rings. The Morgan fingerprint density at radius 2 is 1.90 bits per heavy atom. The van der Waals surface area contributed by atoms with Gasteiger partial charge in [-0.05, 0) is 50.7 Å². The summed E-state index contributed by atoms with van der Waals surface area (Å²) in [7, 11) is 0. The fourth-order valence-electron chi connectivity index (χ4n) is 1.65. The van der Waals surface area contributed by atoms with Crippen molar-refractivity contribution in [1.29, 1.82) is 0 Å². The second kappa shape index (κ2) is 8.81. The molecule has 0 aliphatic heterocycles. The van der Waals surface area contributed by atoms with Gasteiger partial charge in [-0.25, -0.2) is 4.39 Å². The smallest absolute Gasteiger partial charge is 0.167 e. The quantitative estimate of drug-likeness (QED) is 0.625. The Morgan fingerprint density at radius 1 is 1.29 bits per heavy atom. The normalized spacial score (nSPS) is 14.5. The van der Waals surface area contributed by atoms with E-state index in [0.717, 1.165) is 17.7 Å². The summed E-state index contributed by atoms with van der Waals surface area (Å²) in [6, 6.07) is 3.22. The van der Waals surface area contributed by atoms with Gasteiger partial charge >= 0.3 is 0 Å². The van der Waals surface area contributed by atoms with Crippen LogP contribution in [-0.2, 0) is 0 Å². The average Bonchev–Trinajstić information content (AvgIpc) is 3.26. The lowest BCUT2D eigenvalue weighted by atomic mass is 10.2. The SMILES string of the molecule is CCC.CCC(C)=Nc1cc(F)c(OCC2CC2)cc1C. The minimum Gasteiger partial charge on any atom is -0.490 e. The van der Waals surface area contributed by atoms with Crippen molar-refractivity contribution in [2.45, 2.75) is 60.3 Å². The van der Waals surface area contributed by atoms with Crippen LogP contribution in [0, 0.1) is 18.7 Å². The van der Waals surface area contributed by atoms with E-state index in [9.17, 15) is 4.39 Å². The van der Waals surface area contributed by atoms with Gasteiger partial charge in [-0.1, -0.05) is 27.2 Å². The van der Waals surface area contributed by atoms with Crippen LogP contribution in [-0.4, -0.2) is 12.3 Å². The van der Waals surface area contributed by atoms with Crippen LogP contribution < -0.4 is 4.74 Å². The van der Waals surface area contributed by atoms with Crippen molar-refractivity contribution in [3.8, 4) is 5.75 Å². The molecule has 1 saturated carbocycles. The highest BCUT2D eigenvalue weighted by atomic mass is 19.1. The zero-order valence-electron chi connectivity index (χ0n) is 14.0. The van der Waals surface area contributed by atoms with Gasteiger partial charge in [0.25, 0.3) is 0 Å². The molecule has 1 aromatic carbocycles. The summed E-state index contributed by atoms with van der Waals surface area (Å²) < 4.78 is 19.4. The van der Waals surface area contributed by atoms with Gasteiger partial charge in [0.15, 0.2) is 11.6 Å². The van der Waals surface area contributed by atoms with Crippen molar-refractivity contribution in [1.82, 2.24) is 0 Å². The molecule has 0 radical (unpaired) electrons. The molecule has 0 atom stereocenters. The number of hydrogen-bond acceptors (Lipinski definition) is 2. The van der Waals surface area contributed by atoms with Crippen LogP contribution in [0.15, 0.2) is 17.1 Å². The summed E-state index contributed by atoms with van der Waals surface area (Å²) >= 11 is 0. The van der Waals surface area contributed by atoms with E-state index in [2.05, 4.69) is 18.8 Å². The average molecular weight is 293 g/mol. The highest BCUT2D eigenvalue weighted by Crippen LogP contribution is 2.32. The lowest BCUT2D eigenvalue weighted by Gasteiger charge is -2.09. The Kier molecular flexibility index (Phi) is 7.41. The maximum Gasteiger partial charge on any atom is 0.167 e. The molecule has 1 aromatic rings. The van der Waals surface area contributed by atoms with Crippen molar-refractivity contribution < 1.29 is 9.13 Å². The van der Waals surface area contributed by atoms with Gasteiger partial charge in [-0.3, -0.25) is 4.99 Å². The summed E-state index contributed by atoms with van der Waals surface area (Å²) in [4.78, 5) is 4.41. The fraction of sp³-hybridized carbons (Fsp3) is 0.611. The monoisotopic (exact) mass is 293 g/mol. The third kappa shape index (κ3) is 6.28. The predicted octanol–water partition coefficient (Wildman–Crippen LogP) is 5.84. The molecule has 21 heavy (non-hydrogen) atoms. The molecule has 0 saturated heterocycles. The Labute approximate surface area is 128 Å². The molecule has 0 unspecified atom stereocenters. The first-order valence-corrected chi connectivity index (χ1v) is 7.98. The molecule has 0 spiro atoms. The number of hydrogen-bond donors (Lipinski definition) is 0. The van der Waals surface area contributed by atoms with E-state index in [4.69, 9.17) is 4.74 Å². The van der Waals surface area contributed by atoms with E-state index >= 15 is 0 Å². The summed E-state index contributed by atoms with van der Waals surface area (Å²) in [5, 5.41) is 0. The number of aryl methyl sites for hydroxylation is 1. The highest BCUT2D eigenvalue weighted by molar-refractivity contribution is 5.84. The van der Waals surface area contributed by atoms with E-state index in [0.29, 0.717) is 24.0 Å². The van der Waals surface area contributed by atoms with Crippen molar-refractivity contribution in [2.24, 2.45) is 10.9 Å². The van der Waals surface area contributed by atoms with Crippen LogP contribution >= 0.6 is 0 Å². The van der Waals surface area contributed by atoms with E-state index in [1.165, 1.54) is 25.3 Å². The number of halogens is 1. The molecule has 1 aliphatic rings. The van der Waals surface area contributed by atoms with Gasteiger partial charge < -0.3 is 4.74 Å². The van der Waals surface area contributed by atoms with Crippen molar-refractivity contribution in [3.05, 3.63) is 23.5 Å².